The molecule has 0 aliphatic heterocycles. The van der Waals surface area contributed by atoms with Gasteiger partial charge in [0.15, 0.2) is 23.4 Å². The van der Waals surface area contributed by atoms with Crippen molar-refractivity contribution in [1.82, 2.24) is 10.6 Å². The Hall–Kier alpha value is -1.56. The molecule has 1 amide bonds. The van der Waals surface area contributed by atoms with Crippen LogP contribution in [0, 0.1) is 23.4 Å². The first-order valence-electron chi connectivity index (χ1n) is 9.04. The van der Waals surface area contributed by atoms with Crippen molar-refractivity contribution < 1.29 is 22.7 Å². The number of hydrogen-bond acceptors (Lipinski definition) is 3. The molecule has 1 saturated carbocycles. The summed E-state index contributed by atoms with van der Waals surface area (Å²) in [5.41, 5.74) is -0.431. The molecule has 6 nitrogen and oxygen atoms in total. The largest absolute Gasteiger partial charge is 0.381 e. The maximum atomic E-state index is 13.6. The smallest absolute Gasteiger partial charge is 0.246 e. The second-order valence-electron chi connectivity index (χ2n) is 6.26. The van der Waals surface area contributed by atoms with Crippen LogP contribution in [0.2, 0.25) is 0 Å². The standard InChI is InChI=1S/C18H25F3N4O2.HI/c1-2-22-18(23-8-3-9-27-11-12-4-5-12)24-10-15(26)25-14-7-6-13(19)16(20)17(14)21;/h6-7,12H,2-5,8-11H2,1H3,(H,25,26)(H2,22,23,24);1H. The van der Waals surface area contributed by atoms with E-state index in [9.17, 15) is 18.0 Å². The third-order valence-electron chi connectivity index (χ3n) is 3.84. The Morgan fingerprint density at radius 1 is 1.21 bits per heavy atom. The predicted octanol–water partition coefficient (Wildman–Crippen LogP) is 3.03. The highest BCUT2D eigenvalue weighted by atomic mass is 127. The first-order valence-corrected chi connectivity index (χ1v) is 9.04. The van der Waals surface area contributed by atoms with Crippen molar-refractivity contribution in [2.45, 2.75) is 26.2 Å². The molecule has 0 bridgehead atoms. The fourth-order valence-corrected chi connectivity index (χ4v) is 2.22. The van der Waals surface area contributed by atoms with Crippen LogP contribution in [0.15, 0.2) is 17.1 Å². The molecule has 1 aromatic rings. The van der Waals surface area contributed by atoms with E-state index in [1.165, 1.54) is 12.8 Å². The number of amides is 1. The van der Waals surface area contributed by atoms with Gasteiger partial charge in [-0.25, -0.2) is 18.2 Å². The van der Waals surface area contributed by atoms with Gasteiger partial charge in [-0.2, -0.15) is 0 Å². The van der Waals surface area contributed by atoms with Gasteiger partial charge in [0.25, 0.3) is 0 Å². The van der Waals surface area contributed by atoms with Crippen molar-refractivity contribution in [3.05, 3.63) is 29.6 Å². The van der Waals surface area contributed by atoms with Gasteiger partial charge in [-0.1, -0.05) is 0 Å². The lowest BCUT2D eigenvalue weighted by atomic mass is 10.3. The third kappa shape index (κ3) is 8.63. The molecule has 0 atom stereocenters. The zero-order chi connectivity index (χ0) is 19.6. The summed E-state index contributed by atoms with van der Waals surface area (Å²) in [5.74, 6) is -3.87. The van der Waals surface area contributed by atoms with Gasteiger partial charge < -0.3 is 20.7 Å². The van der Waals surface area contributed by atoms with E-state index in [0.29, 0.717) is 25.7 Å². The number of nitrogens with zero attached hydrogens (tertiary/aromatic N) is 1. The van der Waals surface area contributed by atoms with Crippen LogP contribution in [0.1, 0.15) is 26.2 Å². The van der Waals surface area contributed by atoms with Crippen LogP contribution < -0.4 is 16.0 Å². The van der Waals surface area contributed by atoms with Crippen LogP contribution >= 0.6 is 24.0 Å². The number of nitrogens with one attached hydrogen (secondary N) is 3. The van der Waals surface area contributed by atoms with Crippen molar-refractivity contribution >= 4 is 41.5 Å². The highest BCUT2D eigenvalue weighted by Crippen LogP contribution is 2.28. The molecule has 0 heterocycles. The molecule has 0 aromatic heterocycles. The molecule has 0 unspecified atom stereocenters. The van der Waals surface area contributed by atoms with Crippen LogP contribution in [0.25, 0.3) is 0 Å². The van der Waals surface area contributed by atoms with E-state index in [1.807, 2.05) is 6.92 Å². The van der Waals surface area contributed by atoms with Crippen molar-refractivity contribution in [1.29, 1.82) is 0 Å². The fourth-order valence-electron chi connectivity index (χ4n) is 2.22. The number of benzene rings is 1. The van der Waals surface area contributed by atoms with E-state index in [2.05, 4.69) is 20.9 Å². The molecule has 28 heavy (non-hydrogen) atoms. The summed E-state index contributed by atoms with van der Waals surface area (Å²) in [6.45, 7) is 4.27. The average molecular weight is 514 g/mol. The van der Waals surface area contributed by atoms with Crippen molar-refractivity contribution in [2.75, 3.05) is 38.2 Å². The maximum absolute atomic E-state index is 13.6. The van der Waals surface area contributed by atoms with Crippen LogP contribution in [-0.2, 0) is 9.53 Å². The molecule has 0 radical (unpaired) electrons. The molecule has 0 saturated heterocycles. The molecule has 1 fully saturated rings. The van der Waals surface area contributed by atoms with Gasteiger partial charge in [0.05, 0.1) is 5.69 Å². The van der Waals surface area contributed by atoms with Crippen molar-refractivity contribution in [3.63, 3.8) is 0 Å². The maximum Gasteiger partial charge on any atom is 0.246 e. The summed E-state index contributed by atoms with van der Waals surface area (Å²) in [7, 11) is 0. The van der Waals surface area contributed by atoms with E-state index in [4.69, 9.17) is 4.74 Å². The Labute approximate surface area is 179 Å². The third-order valence-corrected chi connectivity index (χ3v) is 3.84. The first-order chi connectivity index (χ1) is 13.0. The number of guanidine groups is 1. The zero-order valence-corrected chi connectivity index (χ0v) is 18.0. The summed E-state index contributed by atoms with van der Waals surface area (Å²) in [6.07, 6.45) is 3.31. The lowest BCUT2D eigenvalue weighted by Gasteiger charge is -2.11. The predicted molar refractivity (Wildman–Crippen MR) is 113 cm³/mol. The van der Waals surface area contributed by atoms with Gasteiger partial charge in [0.2, 0.25) is 5.91 Å². The molecule has 1 aliphatic rings. The van der Waals surface area contributed by atoms with Gasteiger partial charge >= 0.3 is 0 Å². The molecule has 1 aliphatic carbocycles. The molecular weight excluding hydrogens is 488 g/mol. The number of carbonyl (C=O) groups excluding carboxylic acids is 1. The molecule has 0 spiro atoms. The summed E-state index contributed by atoms with van der Waals surface area (Å²) in [4.78, 5) is 16.0. The summed E-state index contributed by atoms with van der Waals surface area (Å²) < 4.78 is 45.2. The Balaban J connectivity index is 0.00000392. The quantitative estimate of drug-likeness (QED) is 0.148. The summed E-state index contributed by atoms with van der Waals surface area (Å²) in [5, 5.41) is 8.22. The average Bonchev–Trinajstić information content (AvgIpc) is 3.47. The van der Waals surface area contributed by atoms with Gasteiger partial charge in [-0.15, -0.1) is 24.0 Å². The van der Waals surface area contributed by atoms with E-state index < -0.39 is 29.0 Å². The number of ether oxygens (including phenoxy) is 1. The molecular formula is C18H26F3IN4O2. The highest BCUT2D eigenvalue weighted by Gasteiger charge is 2.20. The first kappa shape index (κ1) is 24.5. The summed E-state index contributed by atoms with van der Waals surface area (Å²) >= 11 is 0. The second-order valence-corrected chi connectivity index (χ2v) is 6.26. The number of anilines is 1. The number of aliphatic imine (C=N–C) groups is 1. The molecule has 2 rings (SSSR count). The number of halogens is 4. The topological polar surface area (TPSA) is 74.8 Å². The van der Waals surface area contributed by atoms with E-state index in [-0.39, 0.29) is 30.5 Å². The lowest BCUT2D eigenvalue weighted by Crippen LogP contribution is -2.38. The number of carbonyl (C=O) groups is 1. The molecule has 158 valence electrons. The van der Waals surface area contributed by atoms with Gasteiger partial charge in [0.1, 0.15) is 6.54 Å². The monoisotopic (exact) mass is 514 g/mol. The van der Waals surface area contributed by atoms with Crippen molar-refractivity contribution in [2.24, 2.45) is 10.9 Å². The van der Waals surface area contributed by atoms with Crippen LogP contribution in [0.3, 0.4) is 0 Å². The fraction of sp³-hybridized carbons (Fsp3) is 0.556. The molecule has 3 N–H and O–H groups in total. The van der Waals surface area contributed by atoms with E-state index in [1.54, 1.807) is 0 Å². The van der Waals surface area contributed by atoms with Crippen LogP contribution in [0.4, 0.5) is 18.9 Å². The number of rotatable bonds is 10. The van der Waals surface area contributed by atoms with Gasteiger partial charge in [0, 0.05) is 26.3 Å². The Morgan fingerprint density at radius 2 is 1.96 bits per heavy atom. The summed E-state index contributed by atoms with van der Waals surface area (Å²) in [6, 6.07) is 1.70. The van der Waals surface area contributed by atoms with Gasteiger partial charge in [-0.05, 0) is 44.2 Å². The Kier molecular flexibility index (Phi) is 11.2. The SMILES string of the molecule is CCNC(=NCC(=O)Nc1ccc(F)c(F)c1F)NCCCOCC1CC1.I. The van der Waals surface area contributed by atoms with E-state index >= 15 is 0 Å². The number of hydrogen-bond donors (Lipinski definition) is 3. The van der Waals surface area contributed by atoms with Crippen molar-refractivity contribution in [3.8, 4) is 0 Å². The minimum Gasteiger partial charge on any atom is -0.381 e. The minimum atomic E-state index is -1.63. The highest BCUT2D eigenvalue weighted by molar-refractivity contribution is 14.0. The Morgan fingerprint density at radius 3 is 2.64 bits per heavy atom. The van der Waals surface area contributed by atoms with Crippen LogP contribution in [-0.4, -0.2) is 44.7 Å². The second kappa shape index (κ2) is 12.8. The van der Waals surface area contributed by atoms with Gasteiger partial charge in [-0.3, -0.25) is 4.79 Å². The molecule has 10 heteroatoms. The zero-order valence-electron chi connectivity index (χ0n) is 15.7. The molecule has 1 aromatic carbocycles. The lowest BCUT2D eigenvalue weighted by molar-refractivity contribution is -0.114. The Bertz CT molecular complexity index is 672. The van der Waals surface area contributed by atoms with Crippen LogP contribution in [0.5, 0.6) is 0 Å². The minimum absolute atomic E-state index is 0. The van der Waals surface area contributed by atoms with E-state index in [0.717, 1.165) is 31.1 Å². The normalized spacial score (nSPS) is 13.6.